The standard InChI is InChI=1S/C16H23NO/c1-2-14-5-7-15(8-6-14)11-17-10-4-3-9-16(17)12-18-13-16/h5-8H,2-4,9-13H2,1H3. The predicted molar refractivity (Wildman–Crippen MR) is 73.6 cm³/mol. The van der Waals surface area contributed by atoms with Gasteiger partial charge in [0.1, 0.15) is 0 Å². The number of aryl methyl sites for hydroxylation is 1. The van der Waals surface area contributed by atoms with Gasteiger partial charge in [0.25, 0.3) is 0 Å². The van der Waals surface area contributed by atoms with Crippen LogP contribution in [-0.4, -0.2) is 30.2 Å². The fourth-order valence-electron chi connectivity index (χ4n) is 3.16. The maximum Gasteiger partial charge on any atom is 0.0681 e. The van der Waals surface area contributed by atoms with E-state index in [0.29, 0.717) is 5.54 Å². The van der Waals surface area contributed by atoms with Crippen molar-refractivity contribution in [3.8, 4) is 0 Å². The summed E-state index contributed by atoms with van der Waals surface area (Å²) < 4.78 is 5.48. The van der Waals surface area contributed by atoms with Gasteiger partial charge in [-0.15, -0.1) is 0 Å². The summed E-state index contributed by atoms with van der Waals surface area (Å²) in [5, 5.41) is 0. The first-order valence-corrected chi connectivity index (χ1v) is 7.23. The van der Waals surface area contributed by atoms with E-state index in [-0.39, 0.29) is 0 Å². The molecular formula is C16H23NO. The molecule has 0 atom stereocenters. The molecule has 1 spiro atoms. The Morgan fingerprint density at radius 3 is 2.44 bits per heavy atom. The lowest BCUT2D eigenvalue weighted by atomic mass is 9.84. The molecule has 0 bridgehead atoms. The molecule has 1 aromatic carbocycles. The van der Waals surface area contributed by atoms with Crippen LogP contribution in [0, 0.1) is 0 Å². The zero-order valence-corrected chi connectivity index (χ0v) is 11.3. The first-order chi connectivity index (χ1) is 8.82. The van der Waals surface area contributed by atoms with Crippen molar-refractivity contribution in [3.63, 3.8) is 0 Å². The number of nitrogens with zero attached hydrogens (tertiary/aromatic N) is 1. The van der Waals surface area contributed by atoms with E-state index < -0.39 is 0 Å². The molecule has 2 aliphatic heterocycles. The van der Waals surface area contributed by atoms with Gasteiger partial charge in [0.15, 0.2) is 0 Å². The van der Waals surface area contributed by atoms with Gasteiger partial charge >= 0.3 is 0 Å². The third-order valence-corrected chi connectivity index (χ3v) is 4.54. The van der Waals surface area contributed by atoms with Gasteiger partial charge in [-0.05, 0) is 36.9 Å². The summed E-state index contributed by atoms with van der Waals surface area (Å²) in [5.41, 5.74) is 3.25. The van der Waals surface area contributed by atoms with Crippen LogP contribution in [0.15, 0.2) is 24.3 Å². The number of rotatable bonds is 3. The topological polar surface area (TPSA) is 12.5 Å². The van der Waals surface area contributed by atoms with Crippen LogP contribution in [-0.2, 0) is 17.7 Å². The first-order valence-electron chi connectivity index (χ1n) is 7.23. The summed E-state index contributed by atoms with van der Waals surface area (Å²) in [6, 6.07) is 9.12. The largest absolute Gasteiger partial charge is 0.377 e. The number of piperidine rings is 1. The van der Waals surface area contributed by atoms with Crippen LogP contribution >= 0.6 is 0 Å². The molecule has 2 saturated heterocycles. The highest BCUT2D eigenvalue weighted by Crippen LogP contribution is 2.35. The van der Waals surface area contributed by atoms with E-state index in [4.69, 9.17) is 4.74 Å². The van der Waals surface area contributed by atoms with Crippen LogP contribution in [0.25, 0.3) is 0 Å². The number of likely N-dealkylation sites (tertiary alicyclic amines) is 1. The molecule has 0 aromatic heterocycles. The maximum atomic E-state index is 5.48. The molecule has 3 rings (SSSR count). The molecule has 0 radical (unpaired) electrons. The van der Waals surface area contributed by atoms with Gasteiger partial charge in [-0.25, -0.2) is 0 Å². The summed E-state index contributed by atoms with van der Waals surface area (Å²) in [7, 11) is 0. The van der Waals surface area contributed by atoms with E-state index in [1.165, 1.54) is 36.9 Å². The Hall–Kier alpha value is -0.860. The van der Waals surface area contributed by atoms with Crippen molar-refractivity contribution in [1.82, 2.24) is 4.90 Å². The average molecular weight is 245 g/mol. The Balaban J connectivity index is 1.70. The second-order valence-electron chi connectivity index (χ2n) is 5.77. The fraction of sp³-hybridized carbons (Fsp3) is 0.625. The predicted octanol–water partition coefficient (Wildman–Crippen LogP) is 3.00. The molecule has 2 fully saturated rings. The second kappa shape index (κ2) is 5.02. The molecule has 2 nitrogen and oxygen atoms in total. The summed E-state index contributed by atoms with van der Waals surface area (Å²) in [4.78, 5) is 2.65. The number of benzene rings is 1. The smallest absolute Gasteiger partial charge is 0.0681 e. The molecule has 18 heavy (non-hydrogen) atoms. The lowest BCUT2D eigenvalue weighted by Gasteiger charge is -2.52. The maximum absolute atomic E-state index is 5.48. The molecule has 1 aromatic rings. The van der Waals surface area contributed by atoms with Crippen LogP contribution in [0.3, 0.4) is 0 Å². The Labute approximate surface area is 110 Å². The minimum Gasteiger partial charge on any atom is -0.377 e. The highest BCUT2D eigenvalue weighted by molar-refractivity contribution is 5.23. The summed E-state index contributed by atoms with van der Waals surface area (Å²) in [6.45, 7) is 6.42. The number of hydrogen-bond acceptors (Lipinski definition) is 2. The van der Waals surface area contributed by atoms with Crippen molar-refractivity contribution >= 4 is 0 Å². The Bertz CT molecular complexity index is 394. The molecule has 2 heterocycles. The highest BCUT2D eigenvalue weighted by atomic mass is 16.5. The molecule has 2 aliphatic rings. The van der Waals surface area contributed by atoms with Gasteiger partial charge in [0.2, 0.25) is 0 Å². The van der Waals surface area contributed by atoms with E-state index in [9.17, 15) is 0 Å². The van der Waals surface area contributed by atoms with Gasteiger partial charge in [0, 0.05) is 6.54 Å². The fourth-order valence-corrected chi connectivity index (χ4v) is 3.16. The van der Waals surface area contributed by atoms with Crippen molar-refractivity contribution < 1.29 is 4.74 Å². The molecule has 0 aliphatic carbocycles. The molecule has 98 valence electrons. The second-order valence-corrected chi connectivity index (χ2v) is 5.77. The van der Waals surface area contributed by atoms with Crippen LogP contribution in [0.1, 0.15) is 37.3 Å². The van der Waals surface area contributed by atoms with Crippen molar-refractivity contribution in [1.29, 1.82) is 0 Å². The van der Waals surface area contributed by atoms with E-state index in [1.807, 2.05) is 0 Å². The SMILES string of the molecule is CCc1ccc(CN2CCCCC23COC3)cc1. The third kappa shape index (κ3) is 2.19. The Morgan fingerprint density at radius 2 is 1.83 bits per heavy atom. The summed E-state index contributed by atoms with van der Waals surface area (Å²) >= 11 is 0. The van der Waals surface area contributed by atoms with E-state index in [0.717, 1.165) is 26.2 Å². The van der Waals surface area contributed by atoms with E-state index in [2.05, 4.69) is 36.1 Å². The van der Waals surface area contributed by atoms with Crippen LogP contribution in [0.2, 0.25) is 0 Å². The van der Waals surface area contributed by atoms with Gasteiger partial charge < -0.3 is 4.74 Å². The van der Waals surface area contributed by atoms with Crippen molar-refractivity contribution in [2.24, 2.45) is 0 Å². The molecule has 0 saturated carbocycles. The number of hydrogen-bond donors (Lipinski definition) is 0. The van der Waals surface area contributed by atoms with Crippen LogP contribution in [0.4, 0.5) is 0 Å². The first kappa shape index (κ1) is 12.2. The zero-order chi connectivity index (χ0) is 12.4. The van der Waals surface area contributed by atoms with Gasteiger partial charge in [-0.2, -0.15) is 0 Å². The lowest BCUT2D eigenvalue weighted by molar-refractivity contribution is -0.159. The molecular weight excluding hydrogens is 222 g/mol. The minimum absolute atomic E-state index is 0.377. The van der Waals surface area contributed by atoms with Gasteiger partial charge in [-0.1, -0.05) is 37.6 Å². The monoisotopic (exact) mass is 245 g/mol. The molecule has 2 heteroatoms. The van der Waals surface area contributed by atoms with E-state index >= 15 is 0 Å². The summed E-state index contributed by atoms with van der Waals surface area (Å²) in [6.07, 6.45) is 5.16. The lowest BCUT2D eigenvalue weighted by Crippen LogP contribution is -2.63. The van der Waals surface area contributed by atoms with Crippen molar-refractivity contribution in [2.75, 3.05) is 19.8 Å². The van der Waals surface area contributed by atoms with Crippen LogP contribution < -0.4 is 0 Å². The van der Waals surface area contributed by atoms with Gasteiger partial charge in [-0.3, -0.25) is 4.90 Å². The normalized spacial score (nSPS) is 22.9. The quantitative estimate of drug-likeness (QED) is 0.811. The zero-order valence-electron chi connectivity index (χ0n) is 11.3. The minimum atomic E-state index is 0.377. The van der Waals surface area contributed by atoms with Gasteiger partial charge in [0.05, 0.1) is 18.8 Å². The summed E-state index contributed by atoms with van der Waals surface area (Å²) in [5.74, 6) is 0. The molecule has 0 N–H and O–H groups in total. The Kier molecular flexibility index (Phi) is 3.40. The molecule has 0 unspecified atom stereocenters. The molecule has 0 amide bonds. The Morgan fingerprint density at radius 1 is 1.11 bits per heavy atom. The van der Waals surface area contributed by atoms with Crippen molar-refractivity contribution in [3.05, 3.63) is 35.4 Å². The average Bonchev–Trinajstić information content (AvgIpc) is 2.38. The van der Waals surface area contributed by atoms with Crippen molar-refractivity contribution in [2.45, 2.75) is 44.7 Å². The third-order valence-electron chi connectivity index (χ3n) is 4.54. The highest BCUT2D eigenvalue weighted by Gasteiger charge is 2.44. The number of ether oxygens (including phenoxy) is 1. The van der Waals surface area contributed by atoms with E-state index in [1.54, 1.807) is 0 Å². The van der Waals surface area contributed by atoms with Crippen LogP contribution in [0.5, 0.6) is 0 Å².